The maximum Gasteiger partial charge on any atom is 0.220 e. The first-order chi connectivity index (χ1) is 8.45. The first kappa shape index (κ1) is 14.6. The highest BCUT2D eigenvalue weighted by molar-refractivity contribution is 5.76. The van der Waals surface area contributed by atoms with Crippen LogP contribution in [0.3, 0.4) is 0 Å². The van der Waals surface area contributed by atoms with Crippen LogP contribution >= 0.6 is 0 Å². The van der Waals surface area contributed by atoms with Gasteiger partial charge in [0.2, 0.25) is 5.91 Å². The maximum absolute atomic E-state index is 11.7. The van der Waals surface area contributed by atoms with Gasteiger partial charge in [0, 0.05) is 30.3 Å². The second-order valence-electron chi connectivity index (χ2n) is 5.42. The lowest BCUT2D eigenvalue weighted by Gasteiger charge is -2.24. The van der Waals surface area contributed by atoms with Gasteiger partial charge in [-0.25, -0.2) is 0 Å². The molecule has 1 atom stereocenters. The molecule has 0 radical (unpaired) electrons. The molecule has 0 fully saturated rings. The summed E-state index contributed by atoms with van der Waals surface area (Å²) in [6.45, 7) is 7.24. The Hall–Kier alpha value is -1.42. The molecule has 1 amide bonds. The molecule has 0 saturated heterocycles. The summed E-state index contributed by atoms with van der Waals surface area (Å²) in [4.78, 5) is 16.0. The maximum atomic E-state index is 11.7. The van der Waals surface area contributed by atoms with Crippen molar-refractivity contribution in [2.24, 2.45) is 11.7 Å². The van der Waals surface area contributed by atoms with E-state index in [2.05, 4.69) is 24.1 Å². The van der Waals surface area contributed by atoms with Crippen LogP contribution in [0.5, 0.6) is 0 Å². The minimum Gasteiger partial charge on any atom is -0.355 e. The fourth-order valence-electron chi connectivity index (χ4n) is 1.65. The van der Waals surface area contributed by atoms with E-state index in [1.807, 2.05) is 25.1 Å². The monoisotopic (exact) mass is 249 g/mol. The SMILES string of the molecule is CC(CN)CC(=O)NCC(C)(C)c1ccccn1. The van der Waals surface area contributed by atoms with E-state index in [9.17, 15) is 4.79 Å². The number of carbonyl (C=O) groups excluding carboxylic acids is 1. The normalized spacial score (nSPS) is 13.1. The van der Waals surface area contributed by atoms with Crippen LogP contribution in [-0.4, -0.2) is 24.0 Å². The average molecular weight is 249 g/mol. The number of carbonyl (C=O) groups is 1. The summed E-state index contributed by atoms with van der Waals surface area (Å²) in [6, 6.07) is 5.83. The molecule has 1 aromatic heterocycles. The Morgan fingerprint density at radius 3 is 2.78 bits per heavy atom. The number of nitrogens with two attached hydrogens (primary N) is 1. The Bertz CT molecular complexity index is 376. The molecular formula is C14H23N3O. The van der Waals surface area contributed by atoms with Crippen molar-refractivity contribution in [3.63, 3.8) is 0 Å². The van der Waals surface area contributed by atoms with Crippen molar-refractivity contribution in [2.45, 2.75) is 32.6 Å². The lowest BCUT2D eigenvalue weighted by atomic mass is 9.88. The Kier molecular flexibility index (Phi) is 5.28. The summed E-state index contributed by atoms with van der Waals surface area (Å²) in [5.41, 5.74) is 6.32. The lowest BCUT2D eigenvalue weighted by Crippen LogP contribution is -2.38. The van der Waals surface area contributed by atoms with E-state index in [0.717, 1.165) is 5.69 Å². The van der Waals surface area contributed by atoms with Gasteiger partial charge >= 0.3 is 0 Å². The summed E-state index contributed by atoms with van der Waals surface area (Å²) in [5, 5.41) is 2.95. The molecule has 0 aromatic carbocycles. The van der Waals surface area contributed by atoms with Gasteiger partial charge in [0.25, 0.3) is 0 Å². The third-order valence-corrected chi connectivity index (χ3v) is 3.02. The Balaban J connectivity index is 2.50. The molecule has 0 aliphatic heterocycles. The molecule has 0 aliphatic rings. The summed E-state index contributed by atoms with van der Waals surface area (Å²) in [5.74, 6) is 0.278. The van der Waals surface area contributed by atoms with Crippen molar-refractivity contribution >= 4 is 5.91 Å². The fourth-order valence-corrected chi connectivity index (χ4v) is 1.65. The molecule has 0 saturated carbocycles. The largest absolute Gasteiger partial charge is 0.355 e. The van der Waals surface area contributed by atoms with Crippen LogP contribution in [0.2, 0.25) is 0 Å². The van der Waals surface area contributed by atoms with E-state index in [1.54, 1.807) is 6.20 Å². The molecule has 4 nitrogen and oxygen atoms in total. The highest BCUT2D eigenvalue weighted by atomic mass is 16.1. The zero-order valence-corrected chi connectivity index (χ0v) is 11.4. The number of hydrogen-bond acceptors (Lipinski definition) is 3. The van der Waals surface area contributed by atoms with Crippen molar-refractivity contribution in [3.8, 4) is 0 Å². The van der Waals surface area contributed by atoms with Crippen LogP contribution in [0.4, 0.5) is 0 Å². The predicted octanol–water partition coefficient (Wildman–Crippen LogP) is 1.46. The van der Waals surface area contributed by atoms with Gasteiger partial charge in [-0.05, 0) is 24.6 Å². The van der Waals surface area contributed by atoms with Crippen molar-refractivity contribution in [3.05, 3.63) is 30.1 Å². The molecule has 1 unspecified atom stereocenters. The van der Waals surface area contributed by atoms with Gasteiger partial charge in [0.1, 0.15) is 0 Å². The highest BCUT2D eigenvalue weighted by Crippen LogP contribution is 2.19. The van der Waals surface area contributed by atoms with E-state index < -0.39 is 0 Å². The highest BCUT2D eigenvalue weighted by Gasteiger charge is 2.22. The van der Waals surface area contributed by atoms with E-state index >= 15 is 0 Å². The minimum atomic E-state index is -0.164. The van der Waals surface area contributed by atoms with E-state index in [0.29, 0.717) is 19.5 Å². The summed E-state index contributed by atoms with van der Waals surface area (Å²) >= 11 is 0. The van der Waals surface area contributed by atoms with Gasteiger partial charge < -0.3 is 11.1 Å². The molecule has 18 heavy (non-hydrogen) atoms. The van der Waals surface area contributed by atoms with Crippen LogP contribution in [0, 0.1) is 5.92 Å². The predicted molar refractivity (Wildman–Crippen MR) is 73.1 cm³/mol. The Morgan fingerprint density at radius 1 is 1.50 bits per heavy atom. The van der Waals surface area contributed by atoms with Crippen molar-refractivity contribution < 1.29 is 4.79 Å². The van der Waals surface area contributed by atoms with E-state index in [4.69, 9.17) is 5.73 Å². The number of rotatable bonds is 6. The zero-order valence-electron chi connectivity index (χ0n) is 11.4. The first-order valence-corrected chi connectivity index (χ1v) is 6.34. The second-order valence-corrected chi connectivity index (χ2v) is 5.42. The molecule has 1 aromatic rings. The average Bonchev–Trinajstić information content (AvgIpc) is 2.37. The van der Waals surface area contributed by atoms with Gasteiger partial charge in [-0.15, -0.1) is 0 Å². The fraction of sp³-hybridized carbons (Fsp3) is 0.571. The number of amides is 1. The number of aromatic nitrogens is 1. The first-order valence-electron chi connectivity index (χ1n) is 6.34. The van der Waals surface area contributed by atoms with Crippen molar-refractivity contribution in [2.75, 3.05) is 13.1 Å². The van der Waals surface area contributed by atoms with Crippen LogP contribution in [-0.2, 0) is 10.2 Å². The van der Waals surface area contributed by atoms with Crippen LogP contribution < -0.4 is 11.1 Å². The number of pyridine rings is 1. The molecule has 0 spiro atoms. The standard InChI is InChI=1S/C14H23N3O/c1-11(9-15)8-13(18)17-10-14(2,3)12-6-4-5-7-16-12/h4-7,11H,8-10,15H2,1-3H3,(H,17,18). The van der Waals surface area contributed by atoms with Crippen LogP contribution in [0.15, 0.2) is 24.4 Å². The smallest absolute Gasteiger partial charge is 0.220 e. The lowest BCUT2D eigenvalue weighted by molar-refractivity contribution is -0.122. The zero-order chi connectivity index (χ0) is 13.6. The third-order valence-electron chi connectivity index (χ3n) is 3.02. The summed E-state index contributed by atoms with van der Waals surface area (Å²) in [6.07, 6.45) is 2.25. The molecule has 4 heteroatoms. The molecule has 1 heterocycles. The quantitative estimate of drug-likeness (QED) is 0.802. The van der Waals surface area contributed by atoms with Crippen molar-refractivity contribution in [1.82, 2.24) is 10.3 Å². The van der Waals surface area contributed by atoms with Gasteiger partial charge in [-0.2, -0.15) is 0 Å². The van der Waals surface area contributed by atoms with Crippen molar-refractivity contribution in [1.29, 1.82) is 0 Å². The molecular weight excluding hydrogens is 226 g/mol. The van der Waals surface area contributed by atoms with E-state index in [1.165, 1.54) is 0 Å². The molecule has 100 valence electrons. The topological polar surface area (TPSA) is 68.0 Å². The second kappa shape index (κ2) is 6.50. The third kappa shape index (κ3) is 4.45. The van der Waals surface area contributed by atoms with Gasteiger partial charge in [-0.3, -0.25) is 9.78 Å². The Morgan fingerprint density at radius 2 is 2.22 bits per heavy atom. The molecule has 3 N–H and O–H groups in total. The summed E-state index contributed by atoms with van der Waals surface area (Å²) in [7, 11) is 0. The number of nitrogens with zero attached hydrogens (tertiary/aromatic N) is 1. The van der Waals surface area contributed by atoms with Crippen LogP contribution in [0.25, 0.3) is 0 Å². The Labute approximate surface area is 109 Å². The number of nitrogens with one attached hydrogen (secondary N) is 1. The minimum absolute atomic E-state index is 0.0527. The van der Waals surface area contributed by atoms with Gasteiger partial charge in [-0.1, -0.05) is 26.8 Å². The molecule has 0 bridgehead atoms. The molecule has 0 aliphatic carbocycles. The van der Waals surface area contributed by atoms with Crippen LogP contribution in [0.1, 0.15) is 32.9 Å². The van der Waals surface area contributed by atoms with E-state index in [-0.39, 0.29) is 17.2 Å². The van der Waals surface area contributed by atoms with Gasteiger partial charge in [0.05, 0.1) is 0 Å². The number of hydrogen-bond donors (Lipinski definition) is 2. The summed E-state index contributed by atoms with van der Waals surface area (Å²) < 4.78 is 0. The molecule has 1 rings (SSSR count). The van der Waals surface area contributed by atoms with Gasteiger partial charge in [0.15, 0.2) is 0 Å².